The van der Waals surface area contributed by atoms with E-state index < -0.39 is 5.69 Å². The molecule has 2 aromatic rings. The summed E-state index contributed by atoms with van der Waals surface area (Å²) < 4.78 is 0. The van der Waals surface area contributed by atoms with Gasteiger partial charge in [0.25, 0.3) is 0 Å². The van der Waals surface area contributed by atoms with Crippen molar-refractivity contribution in [2.75, 3.05) is 5.73 Å². The van der Waals surface area contributed by atoms with Gasteiger partial charge in [0.15, 0.2) is 0 Å². The Balaban J connectivity index is 2.59. The number of hydrogen-bond donors (Lipinski definition) is 2. The van der Waals surface area contributed by atoms with Crippen LogP contribution in [0.3, 0.4) is 0 Å². The second kappa shape index (κ2) is 3.70. The minimum atomic E-state index is -0.530. The molecule has 0 saturated carbocycles. The third-order valence-corrected chi connectivity index (χ3v) is 2.00. The van der Waals surface area contributed by atoms with Crippen LogP contribution in [0.1, 0.15) is 0 Å². The summed E-state index contributed by atoms with van der Waals surface area (Å²) in [4.78, 5) is 20.8. The Labute approximate surface area is 90.0 Å². The lowest BCUT2D eigenvalue weighted by molar-refractivity contribution is 1.01. The molecule has 0 bridgehead atoms. The van der Waals surface area contributed by atoms with Crippen LogP contribution < -0.4 is 11.4 Å². The van der Waals surface area contributed by atoms with E-state index in [0.717, 1.165) is 0 Å². The zero-order valence-electron chi connectivity index (χ0n) is 7.57. The lowest BCUT2D eigenvalue weighted by Crippen LogP contribution is -2.15. The van der Waals surface area contributed by atoms with Crippen molar-refractivity contribution < 1.29 is 0 Å². The van der Waals surface area contributed by atoms with Crippen LogP contribution in [0.15, 0.2) is 29.1 Å². The molecule has 1 aromatic carbocycles. The Morgan fingerprint density at radius 2 is 2.13 bits per heavy atom. The molecule has 0 unspecified atom stereocenters. The maximum absolute atomic E-state index is 11.0. The number of rotatable bonds is 1. The smallest absolute Gasteiger partial charge is 0.349 e. The van der Waals surface area contributed by atoms with E-state index in [0.29, 0.717) is 16.4 Å². The molecule has 0 aliphatic carbocycles. The maximum Gasteiger partial charge on any atom is 0.349 e. The summed E-state index contributed by atoms with van der Waals surface area (Å²) in [5.74, 6) is 0.295. The van der Waals surface area contributed by atoms with Crippen molar-refractivity contribution in [3.63, 3.8) is 0 Å². The zero-order chi connectivity index (χ0) is 10.8. The highest BCUT2D eigenvalue weighted by Crippen LogP contribution is 2.18. The molecule has 15 heavy (non-hydrogen) atoms. The molecule has 3 N–H and O–H groups in total. The van der Waals surface area contributed by atoms with E-state index in [1.54, 1.807) is 24.3 Å². The zero-order valence-corrected chi connectivity index (χ0v) is 8.32. The highest BCUT2D eigenvalue weighted by molar-refractivity contribution is 6.30. The molecular formula is C9H7ClN4O. The minimum Gasteiger partial charge on any atom is -0.368 e. The van der Waals surface area contributed by atoms with Gasteiger partial charge in [-0.25, -0.2) is 4.79 Å². The van der Waals surface area contributed by atoms with Gasteiger partial charge < -0.3 is 5.73 Å². The van der Waals surface area contributed by atoms with E-state index in [4.69, 9.17) is 17.3 Å². The first-order valence-electron chi connectivity index (χ1n) is 4.15. The van der Waals surface area contributed by atoms with Gasteiger partial charge in [-0.05, 0) is 12.1 Å². The van der Waals surface area contributed by atoms with Crippen LogP contribution in [0.2, 0.25) is 5.02 Å². The van der Waals surface area contributed by atoms with Crippen molar-refractivity contribution in [2.24, 2.45) is 0 Å². The topological polar surface area (TPSA) is 84.7 Å². The average Bonchev–Trinajstić information content (AvgIpc) is 2.16. The molecule has 0 aliphatic rings. The van der Waals surface area contributed by atoms with Crippen LogP contribution in [0, 0.1) is 0 Å². The van der Waals surface area contributed by atoms with Gasteiger partial charge in [-0.2, -0.15) is 9.97 Å². The molecule has 2 rings (SSSR count). The predicted octanol–water partition coefficient (Wildman–Crippen LogP) is 1.07. The number of benzene rings is 1. The fraction of sp³-hybridized carbons (Fsp3) is 0. The van der Waals surface area contributed by atoms with E-state index in [9.17, 15) is 4.79 Å². The molecule has 76 valence electrons. The van der Waals surface area contributed by atoms with Crippen LogP contribution in [0.5, 0.6) is 0 Å². The summed E-state index contributed by atoms with van der Waals surface area (Å²) in [6, 6.07) is 6.94. The first-order chi connectivity index (χ1) is 7.15. The summed E-state index contributed by atoms with van der Waals surface area (Å²) in [6.45, 7) is 0. The van der Waals surface area contributed by atoms with Crippen molar-refractivity contribution in [2.45, 2.75) is 0 Å². The Bertz CT molecular complexity index is 552. The van der Waals surface area contributed by atoms with Gasteiger partial charge in [0, 0.05) is 10.6 Å². The van der Waals surface area contributed by atoms with Crippen LogP contribution in [-0.2, 0) is 0 Å². The van der Waals surface area contributed by atoms with E-state index in [2.05, 4.69) is 15.0 Å². The molecule has 0 atom stereocenters. The SMILES string of the molecule is Nc1nc(-c2cccc(Cl)c2)[nH]c(=O)n1. The summed E-state index contributed by atoms with van der Waals surface area (Å²) in [5.41, 5.74) is 5.52. The van der Waals surface area contributed by atoms with Crippen molar-refractivity contribution in [3.8, 4) is 11.4 Å². The molecule has 0 saturated heterocycles. The van der Waals surface area contributed by atoms with E-state index >= 15 is 0 Å². The first kappa shape index (κ1) is 9.67. The standard InChI is InChI=1S/C9H7ClN4O/c10-6-3-1-2-5(4-6)7-12-8(11)14-9(15)13-7/h1-4H,(H3,11,12,13,14,15). The highest BCUT2D eigenvalue weighted by Gasteiger charge is 2.03. The van der Waals surface area contributed by atoms with E-state index in [1.165, 1.54) is 0 Å². The Morgan fingerprint density at radius 1 is 1.33 bits per heavy atom. The Kier molecular flexibility index (Phi) is 2.39. The average molecular weight is 223 g/mol. The first-order valence-corrected chi connectivity index (χ1v) is 4.53. The Hall–Kier alpha value is -1.88. The van der Waals surface area contributed by atoms with Gasteiger partial charge >= 0.3 is 5.69 Å². The number of aromatic amines is 1. The second-order valence-corrected chi connectivity index (χ2v) is 3.31. The Morgan fingerprint density at radius 3 is 2.80 bits per heavy atom. The molecule has 0 spiro atoms. The monoisotopic (exact) mass is 222 g/mol. The van der Waals surface area contributed by atoms with Crippen molar-refractivity contribution in [3.05, 3.63) is 39.8 Å². The molecule has 1 aromatic heterocycles. The number of nitrogens with two attached hydrogens (primary N) is 1. The van der Waals surface area contributed by atoms with Crippen LogP contribution in [0.4, 0.5) is 5.95 Å². The number of nitrogens with one attached hydrogen (secondary N) is 1. The third-order valence-electron chi connectivity index (χ3n) is 1.77. The molecule has 1 heterocycles. The highest BCUT2D eigenvalue weighted by atomic mass is 35.5. The lowest BCUT2D eigenvalue weighted by atomic mass is 10.2. The van der Waals surface area contributed by atoms with Gasteiger partial charge in [0.2, 0.25) is 5.95 Å². The van der Waals surface area contributed by atoms with Crippen LogP contribution >= 0.6 is 11.6 Å². The molecule has 5 nitrogen and oxygen atoms in total. The number of anilines is 1. The fourth-order valence-electron chi connectivity index (χ4n) is 1.17. The van der Waals surface area contributed by atoms with E-state index in [-0.39, 0.29) is 5.95 Å². The van der Waals surface area contributed by atoms with Crippen LogP contribution in [0.25, 0.3) is 11.4 Å². The fourth-order valence-corrected chi connectivity index (χ4v) is 1.36. The molecule has 6 heteroatoms. The number of nitrogen functional groups attached to an aromatic ring is 1. The van der Waals surface area contributed by atoms with Crippen LogP contribution in [-0.4, -0.2) is 15.0 Å². The normalized spacial score (nSPS) is 10.2. The summed E-state index contributed by atoms with van der Waals surface area (Å²) in [6.07, 6.45) is 0. The summed E-state index contributed by atoms with van der Waals surface area (Å²) >= 11 is 5.81. The summed E-state index contributed by atoms with van der Waals surface area (Å²) in [7, 11) is 0. The van der Waals surface area contributed by atoms with Crippen molar-refractivity contribution in [1.82, 2.24) is 15.0 Å². The molecule has 0 aliphatic heterocycles. The van der Waals surface area contributed by atoms with E-state index in [1.807, 2.05) is 0 Å². The van der Waals surface area contributed by atoms with Gasteiger partial charge in [-0.15, -0.1) is 0 Å². The number of aromatic nitrogens is 3. The maximum atomic E-state index is 11.0. The number of halogens is 1. The molecule has 0 amide bonds. The largest absolute Gasteiger partial charge is 0.368 e. The number of H-pyrrole nitrogens is 1. The molecule has 0 radical (unpaired) electrons. The van der Waals surface area contributed by atoms with Gasteiger partial charge in [0.1, 0.15) is 5.82 Å². The van der Waals surface area contributed by atoms with Crippen molar-refractivity contribution >= 4 is 17.5 Å². The number of hydrogen-bond acceptors (Lipinski definition) is 4. The second-order valence-electron chi connectivity index (χ2n) is 2.87. The van der Waals surface area contributed by atoms with Crippen molar-refractivity contribution in [1.29, 1.82) is 0 Å². The molecular weight excluding hydrogens is 216 g/mol. The lowest BCUT2D eigenvalue weighted by Gasteiger charge is -2.00. The predicted molar refractivity (Wildman–Crippen MR) is 57.5 cm³/mol. The van der Waals surface area contributed by atoms with Gasteiger partial charge in [-0.3, -0.25) is 4.98 Å². The number of nitrogens with zero attached hydrogens (tertiary/aromatic N) is 2. The van der Waals surface area contributed by atoms with Gasteiger partial charge in [0.05, 0.1) is 0 Å². The van der Waals surface area contributed by atoms with Gasteiger partial charge in [-0.1, -0.05) is 23.7 Å². The molecule has 0 fully saturated rings. The summed E-state index contributed by atoms with van der Waals surface area (Å²) in [5, 5.41) is 0.561. The quantitative estimate of drug-likeness (QED) is 0.756. The third kappa shape index (κ3) is 2.13. The minimum absolute atomic E-state index is 0.0614.